The quantitative estimate of drug-likeness (QED) is 0.239. The molecular weight excluding hydrogens is 557 g/mol. The van der Waals surface area contributed by atoms with Gasteiger partial charge >= 0.3 is 6.18 Å². The van der Waals surface area contributed by atoms with Crippen molar-refractivity contribution in [3.8, 4) is 11.5 Å². The summed E-state index contributed by atoms with van der Waals surface area (Å²) in [5, 5.41) is 19.0. The number of imide groups is 1. The maximum Gasteiger partial charge on any atom is 0.430 e. The van der Waals surface area contributed by atoms with Gasteiger partial charge in [-0.05, 0) is 30.7 Å². The number of ether oxygens (including phenoxy) is 2. The number of carbonyl (C=O) groups excluding carboxylic acids is 3. The highest BCUT2D eigenvalue weighted by molar-refractivity contribution is 6.21. The number of nitrogens with zero attached hydrogens (tertiary/aromatic N) is 2. The molecule has 12 heteroatoms. The van der Waals surface area contributed by atoms with E-state index in [1.54, 1.807) is 31.4 Å². The fourth-order valence-electron chi connectivity index (χ4n) is 6.04. The molecule has 0 aromatic heterocycles. The number of hydrogen-bond donors (Lipinski definition) is 1. The van der Waals surface area contributed by atoms with E-state index >= 15 is 0 Å². The first kappa shape index (κ1) is 29.3. The van der Waals surface area contributed by atoms with Crippen molar-refractivity contribution in [2.24, 2.45) is 0 Å². The number of aliphatic hydroxyl groups excluding tert-OH is 1. The zero-order chi connectivity index (χ0) is 30.2. The third kappa shape index (κ3) is 5.26. The molecule has 222 valence electrons. The molecule has 42 heavy (non-hydrogen) atoms. The third-order valence-corrected chi connectivity index (χ3v) is 8.07. The molecule has 1 N–H and O–H groups in total. The van der Waals surface area contributed by atoms with Crippen molar-refractivity contribution in [2.45, 2.75) is 49.5 Å². The van der Waals surface area contributed by atoms with E-state index in [0.717, 1.165) is 55.0 Å². The number of aliphatic carboxylic acids is 1. The maximum atomic E-state index is 12.6. The van der Waals surface area contributed by atoms with Gasteiger partial charge in [-0.15, -0.1) is 0 Å². The number of methoxy groups -OCH3 is 1. The number of benzene rings is 2. The minimum Gasteiger partial charge on any atom is -0.542 e. The van der Waals surface area contributed by atoms with E-state index < -0.39 is 18.2 Å². The van der Waals surface area contributed by atoms with Crippen molar-refractivity contribution in [2.75, 3.05) is 26.7 Å². The molecule has 0 fully saturated rings. The Labute approximate surface area is 239 Å². The molecule has 1 aliphatic carbocycles. The average molecular weight is 587 g/mol. The third-order valence-electron chi connectivity index (χ3n) is 8.07. The minimum absolute atomic E-state index is 0.116. The molecule has 2 amide bonds. The van der Waals surface area contributed by atoms with Gasteiger partial charge in [-0.1, -0.05) is 24.3 Å². The summed E-state index contributed by atoms with van der Waals surface area (Å²) in [5.41, 5.74) is 3.00. The Morgan fingerprint density at radius 2 is 1.83 bits per heavy atom. The molecule has 1 spiro atoms. The van der Waals surface area contributed by atoms with Crippen molar-refractivity contribution >= 4 is 24.0 Å². The molecule has 2 aromatic rings. The Bertz CT molecular complexity index is 1450. The van der Waals surface area contributed by atoms with E-state index in [1.165, 1.54) is 4.90 Å². The van der Waals surface area contributed by atoms with Crippen molar-refractivity contribution in [1.82, 2.24) is 4.90 Å². The van der Waals surface area contributed by atoms with Crippen LogP contribution in [0.25, 0.3) is 0 Å². The average Bonchev–Trinajstić information content (AvgIpc) is 3.34. The monoisotopic (exact) mass is 586 g/mol. The molecular formula is C30H29F3N2O7. The molecule has 3 heterocycles. The molecule has 4 aliphatic rings. The molecule has 2 aromatic carbocycles. The molecule has 3 aliphatic heterocycles. The summed E-state index contributed by atoms with van der Waals surface area (Å²) in [4.78, 5) is 35.4. The van der Waals surface area contributed by atoms with Gasteiger partial charge < -0.3 is 24.5 Å². The number of alkyl halides is 3. The lowest BCUT2D eigenvalue weighted by Gasteiger charge is -2.34. The van der Waals surface area contributed by atoms with Crippen molar-refractivity contribution in [1.29, 1.82) is 0 Å². The standard InChI is InChI=1S/C28H29N2O5.C2HF3O2/c1-34-22-9-8-18-17-29(15-12-28-11-10-19(31)16-23(28)35-25(22)24(18)28)13-4-5-14-30-26(32)20-6-2-3-7-21(20)27(30)33;3-2(4,5)1(6)7/h2-3,6-11,17,19,23,31H,4-5,12-16H2,1H3;(H,6,7)/q+1;/p-1/t19-,23-,28-;/m0./s1. The van der Waals surface area contributed by atoms with Gasteiger partial charge in [0.2, 0.25) is 0 Å². The molecule has 6 rings (SSSR count). The lowest BCUT2D eigenvalue weighted by molar-refractivity contribution is -0.524. The topological polar surface area (TPSA) is 119 Å². The van der Waals surface area contributed by atoms with Gasteiger partial charge in [-0.2, -0.15) is 13.2 Å². The van der Waals surface area contributed by atoms with Gasteiger partial charge in [-0.25, -0.2) is 4.58 Å². The fraction of sp³-hybridized carbons (Fsp3) is 0.400. The Morgan fingerprint density at radius 1 is 1.17 bits per heavy atom. The van der Waals surface area contributed by atoms with Crippen LogP contribution in [0.2, 0.25) is 0 Å². The molecule has 3 atom stereocenters. The summed E-state index contributed by atoms with van der Waals surface area (Å²) in [5.74, 6) is -1.87. The predicted molar refractivity (Wildman–Crippen MR) is 141 cm³/mol. The number of unbranched alkanes of at least 4 members (excludes halogenated alkanes) is 1. The van der Waals surface area contributed by atoms with Gasteiger partial charge in [-0.3, -0.25) is 14.5 Å². The molecule has 0 saturated heterocycles. The van der Waals surface area contributed by atoms with E-state index in [9.17, 15) is 27.9 Å². The molecule has 9 nitrogen and oxygen atoms in total. The van der Waals surface area contributed by atoms with Crippen LogP contribution in [-0.2, 0) is 10.2 Å². The van der Waals surface area contributed by atoms with Gasteiger partial charge in [0.15, 0.2) is 17.7 Å². The second-order valence-electron chi connectivity index (χ2n) is 10.6. The molecule has 0 radical (unpaired) electrons. The minimum atomic E-state index is -5.19. The lowest BCUT2D eigenvalue weighted by atomic mass is 9.69. The number of carboxylic acids is 1. The summed E-state index contributed by atoms with van der Waals surface area (Å²) in [6.07, 6.45) is 3.48. The number of halogens is 3. The first-order chi connectivity index (χ1) is 20.0. The van der Waals surface area contributed by atoms with Gasteiger partial charge in [0, 0.05) is 36.9 Å². The van der Waals surface area contributed by atoms with E-state index in [4.69, 9.17) is 19.4 Å². The summed E-state index contributed by atoms with van der Waals surface area (Å²) < 4.78 is 45.8. The zero-order valence-electron chi connectivity index (χ0n) is 22.7. The smallest absolute Gasteiger partial charge is 0.430 e. The zero-order valence-corrected chi connectivity index (χ0v) is 22.7. The Kier molecular flexibility index (Phi) is 7.84. The van der Waals surface area contributed by atoms with Crippen LogP contribution in [0.15, 0.2) is 48.6 Å². The van der Waals surface area contributed by atoms with Crippen molar-refractivity contribution in [3.63, 3.8) is 0 Å². The first-order valence-electron chi connectivity index (χ1n) is 13.5. The van der Waals surface area contributed by atoms with Crippen LogP contribution >= 0.6 is 0 Å². The van der Waals surface area contributed by atoms with Crippen LogP contribution in [0, 0.1) is 0 Å². The van der Waals surface area contributed by atoms with Gasteiger partial charge in [0.1, 0.15) is 25.2 Å². The maximum absolute atomic E-state index is 12.6. The van der Waals surface area contributed by atoms with Crippen LogP contribution in [0.1, 0.15) is 57.5 Å². The van der Waals surface area contributed by atoms with Crippen LogP contribution in [0.4, 0.5) is 13.2 Å². The number of hydrogen-bond acceptors (Lipinski definition) is 7. The highest BCUT2D eigenvalue weighted by atomic mass is 19.4. The largest absolute Gasteiger partial charge is 0.542 e. The van der Waals surface area contributed by atoms with Crippen LogP contribution in [0.5, 0.6) is 11.5 Å². The fourth-order valence-corrected chi connectivity index (χ4v) is 6.04. The number of carboxylic acid groups (broad SMARTS) is 1. The number of rotatable bonds is 6. The SMILES string of the molecule is COc1ccc2c3c1O[C@H]1C[C@@H](O)C=C[C@@]31CC[N+](CCCCN1C(=O)c3ccccc3C1=O)=C2.O=C([O-])C(F)(F)F. The number of aliphatic hydroxyl groups is 1. The summed E-state index contributed by atoms with van der Waals surface area (Å²) in [7, 11) is 1.65. The van der Waals surface area contributed by atoms with Crippen molar-refractivity contribution in [3.05, 3.63) is 70.8 Å². The normalized spacial score (nSPS) is 23.5. The van der Waals surface area contributed by atoms with Crippen molar-refractivity contribution < 1.29 is 51.8 Å². The van der Waals surface area contributed by atoms with Crippen LogP contribution in [-0.4, -0.2) is 83.7 Å². The van der Waals surface area contributed by atoms with E-state index in [2.05, 4.69) is 22.9 Å². The number of carbonyl (C=O) groups is 3. The molecule has 0 bridgehead atoms. The number of fused-ring (bicyclic) bond motifs is 1. The van der Waals surface area contributed by atoms with E-state index in [0.29, 0.717) is 24.1 Å². The second-order valence-corrected chi connectivity index (χ2v) is 10.6. The first-order valence-corrected chi connectivity index (χ1v) is 13.5. The Morgan fingerprint density at radius 3 is 2.45 bits per heavy atom. The predicted octanol–water partition coefficient (Wildman–Crippen LogP) is 2.22. The summed E-state index contributed by atoms with van der Waals surface area (Å²) >= 11 is 0. The Hall–Kier alpha value is -4.19. The molecule has 0 unspecified atom stereocenters. The Balaban J connectivity index is 0.000000451. The highest BCUT2D eigenvalue weighted by Crippen LogP contribution is 2.54. The van der Waals surface area contributed by atoms with E-state index in [1.807, 2.05) is 12.1 Å². The van der Waals surface area contributed by atoms with Gasteiger partial charge in [0.05, 0.1) is 29.8 Å². The summed E-state index contributed by atoms with van der Waals surface area (Å²) in [6, 6.07) is 11.1. The lowest BCUT2D eigenvalue weighted by Crippen LogP contribution is -2.43. The number of amides is 2. The van der Waals surface area contributed by atoms with Crippen LogP contribution < -0.4 is 14.6 Å². The van der Waals surface area contributed by atoms with Gasteiger partial charge in [0.25, 0.3) is 11.8 Å². The molecule has 0 saturated carbocycles. The van der Waals surface area contributed by atoms with Crippen LogP contribution in [0.3, 0.4) is 0 Å². The second kappa shape index (κ2) is 11.2. The van der Waals surface area contributed by atoms with E-state index in [-0.39, 0.29) is 23.3 Å². The highest BCUT2D eigenvalue weighted by Gasteiger charge is 2.53. The summed E-state index contributed by atoms with van der Waals surface area (Å²) in [6.45, 7) is 2.11.